The number of fused-ring (bicyclic) bond motifs is 1. The summed E-state index contributed by atoms with van der Waals surface area (Å²) in [6.45, 7) is 7.33. The molecule has 2 aromatic carbocycles. The number of hydrogen-bond acceptors (Lipinski definition) is 1. The molecule has 2 nitrogen and oxygen atoms in total. The largest absolute Gasteiger partial charge is 0.346 e. The van der Waals surface area contributed by atoms with E-state index in [-0.39, 0.29) is 11.9 Å². The Morgan fingerprint density at radius 3 is 2.50 bits per heavy atom. The van der Waals surface area contributed by atoms with Gasteiger partial charge in [0.15, 0.2) is 0 Å². The summed E-state index contributed by atoms with van der Waals surface area (Å²) in [6.07, 6.45) is 0. The van der Waals surface area contributed by atoms with E-state index in [1.807, 2.05) is 25.1 Å². The Morgan fingerprint density at radius 2 is 1.83 bits per heavy atom. The van der Waals surface area contributed by atoms with Gasteiger partial charge in [-0.2, -0.15) is 0 Å². The summed E-state index contributed by atoms with van der Waals surface area (Å²) >= 11 is 0. The lowest BCUT2D eigenvalue weighted by Crippen LogP contribution is -2.26. The molecule has 0 aliphatic heterocycles. The predicted molar refractivity (Wildman–Crippen MR) is 75.3 cm³/mol. The zero-order valence-corrected chi connectivity index (χ0v) is 10.7. The van der Waals surface area contributed by atoms with E-state index in [1.54, 1.807) is 6.92 Å². The highest BCUT2D eigenvalue weighted by Crippen LogP contribution is 2.20. The van der Waals surface area contributed by atoms with Gasteiger partial charge in [0, 0.05) is 5.57 Å². The fraction of sp³-hybridized carbons (Fsp3) is 0.188. The van der Waals surface area contributed by atoms with Crippen LogP contribution in [0, 0.1) is 0 Å². The lowest BCUT2D eigenvalue weighted by molar-refractivity contribution is -0.118. The van der Waals surface area contributed by atoms with Crippen LogP contribution in [0.4, 0.5) is 0 Å². The molecule has 0 saturated carbocycles. The molecule has 2 heteroatoms. The molecule has 18 heavy (non-hydrogen) atoms. The SMILES string of the molecule is C=C(C)C(=O)NC(C)c1ccc2ccccc2c1. The van der Waals surface area contributed by atoms with Crippen molar-refractivity contribution in [2.45, 2.75) is 19.9 Å². The lowest BCUT2D eigenvalue weighted by atomic mass is 10.0. The van der Waals surface area contributed by atoms with Gasteiger partial charge in [-0.25, -0.2) is 0 Å². The second-order valence-electron chi connectivity index (χ2n) is 4.58. The van der Waals surface area contributed by atoms with Crippen molar-refractivity contribution in [1.29, 1.82) is 0 Å². The average Bonchev–Trinajstić information content (AvgIpc) is 2.37. The Labute approximate surface area is 107 Å². The van der Waals surface area contributed by atoms with Gasteiger partial charge in [-0.1, -0.05) is 43.0 Å². The number of hydrogen-bond donors (Lipinski definition) is 1. The van der Waals surface area contributed by atoms with E-state index in [0.717, 1.165) is 5.56 Å². The van der Waals surface area contributed by atoms with E-state index in [4.69, 9.17) is 0 Å². The maximum atomic E-state index is 11.6. The van der Waals surface area contributed by atoms with Crippen molar-refractivity contribution < 1.29 is 4.79 Å². The molecule has 92 valence electrons. The molecule has 1 atom stereocenters. The lowest BCUT2D eigenvalue weighted by Gasteiger charge is -2.15. The highest BCUT2D eigenvalue weighted by atomic mass is 16.1. The van der Waals surface area contributed by atoms with Gasteiger partial charge in [-0.3, -0.25) is 4.79 Å². The predicted octanol–water partition coefficient (Wildman–Crippen LogP) is 3.59. The van der Waals surface area contributed by atoms with Crippen molar-refractivity contribution >= 4 is 16.7 Å². The maximum Gasteiger partial charge on any atom is 0.246 e. The minimum absolute atomic E-state index is 0.0150. The van der Waals surface area contributed by atoms with Crippen molar-refractivity contribution in [3.05, 3.63) is 60.2 Å². The third-order valence-corrected chi connectivity index (χ3v) is 3.01. The third kappa shape index (κ3) is 2.59. The topological polar surface area (TPSA) is 29.1 Å². The van der Waals surface area contributed by atoms with Gasteiger partial charge in [0.2, 0.25) is 5.91 Å². The van der Waals surface area contributed by atoms with Crippen LogP contribution >= 0.6 is 0 Å². The van der Waals surface area contributed by atoms with Gasteiger partial charge in [0.1, 0.15) is 0 Å². The first-order valence-electron chi connectivity index (χ1n) is 6.03. The first-order valence-corrected chi connectivity index (χ1v) is 6.03. The van der Waals surface area contributed by atoms with Crippen LogP contribution in [-0.4, -0.2) is 5.91 Å². The fourth-order valence-electron chi connectivity index (χ4n) is 1.88. The van der Waals surface area contributed by atoms with Crippen molar-refractivity contribution in [2.24, 2.45) is 0 Å². The third-order valence-electron chi connectivity index (χ3n) is 3.01. The normalized spacial score (nSPS) is 12.1. The van der Waals surface area contributed by atoms with Crippen molar-refractivity contribution in [3.8, 4) is 0 Å². The second-order valence-corrected chi connectivity index (χ2v) is 4.58. The van der Waals surface area contributed by atoms with Gasteiger partial charge >= 0.3 is 0 Å². The van der Waals surface area contributed by atoms with Crippen LogP contribution in [0.5, 0.6) is 0 Å². The molecule has 0 radical (unpaired) electrons. The smallest absolute Gasteiger partial charge is 0.246 e. The summed E-state index contributed by atoms with van der Waals surface area (Å²) in [7, 11) is 0. The molecular weight excluding hydrogens is 222 g/mol. The molecule has 1 unspecified atom stereocenters. The van der Waals surface area contributed by atoms with E-state index >= 15 is 0 Å². The van der Waals surface area contributed by atoms with Crippen LogP contribution in [0.15, 0.2) is 54.6 Å². The van der Waals surface area contributed by atoms with E-state index < -0.39 is 0 Å². The zero-order chi connectivity index (χ0) is 13.1. The summed E-state index contributed by atoms with van der Waals surface area (Å²) in [5.41, 5.74) is 1.63. The molecule has 2 rings (SSSR count). The zero-order valence-electron chi connectivity index (χ0n) is 10.7. The summed E-state index contributed by atoms with van der Waals surface area (Å²) < 4.78 is 0. The van der Waals surface area contributed by atoms with Crippen molar-refractivity contribution in [1.82, 2.24) is 5.32 Å². The average molecular weight is 239 g/mol. The molecule has 2 aromatic rings. The number of carbonyl (C=O) groups is 1. The molecule has 0 fully saturated rings. The van der Waals surface area contributed by atoms with E-state index in [2.05, 4.69) is 36.2 Å². The van der Waals surface area contributed by atoms with Crippen molar-refractivity contribution in [3.63, 3.8) is 0 Å². The monoisotopic (exact) mass is 239 g/mol. The minimum Gasteiger partial charge on any atom is -0.346 e. The maximum absolute atomic E-state index is 11.6. The molecule has 0 aliphatic rings. The van der Waals surface area contributed by atoms with Gasteiger partial charge in [-0.15, -0.1) is 0 Å². The summed E-state index contributed by atoms with van der Waals surface area (Å²) in [6, 6.07) is 14.4. The molecule has 0 aromatic heterocycles. The highest BCUT2D eigenvalue weighted by molar-refractivity contribution is 5.92. The standard InChI is InChI=1S/C16H17NO/c1-11(2)16(18)17-12(3)14-9-8-13-6-4-5-7-15(13)10-14/h4-10,12H,1H2,2-3H3,(H,17,18). The molecule has 0 spiro atoms. The number of rotatable bonds is 3. The fourth-order valence-corrected chi connectivity index (χ4v) is 1.88. The number of nitrogens with one attached hydrogen (secondary N) is 1. The summed E-state index contributed by atoms with van der Waals surface area (Å²) in [5.74, 6) is -0.101. The quantitative estimate of drug-likeness (QED) is 0.815. The van der Waals surface area contributed by atoms with Crippen LogP contribution in [0.2, 0.25) is 0 Å². The van der Waals surface area contributed by atoms with E-state index in [0.29, 0.717) is 5.57 Å². The van der Waals surface area contributed by atoms with Gasteiger partial charge in [0.25, 0.3) is 0 Å². The van der Waals surface area contributed by atoms with Crippen LogP contribution < -0.4 is 5.32 Å². The molecule has 1 amide bonds. The number of amides is 1. The molecule has 1 N–H and O–H groups in total. The Balaban J connectivity index is 2.25. The van der Waals surface area contributed by atoms with Crippen LogP contribution in [0.3, 0.4) is 0 Å². The van der Waals surface area contributed by atoms with Crippen molar-refractivity contribution in [2.75, 3.05) is 0 Å². The molecule has 0 bridgehead atoms. The number of carbonyl (C=O) groups excluding carboxylic acids is 1. The van der Waals surface area contributed by atoms with Crippen LogP contribution in [-0.2, 0) is 4.79 Å². The first kappa shape index (κ1) is 12.4. The number of benzene rings is 2. The molecule has 0 saturated heterocycles. The van der Waals surface area contributed by atoms with Gasteiger partial charge in [0.05, 0.1) is 6.04 Å². The van der Waals surface area contributed by atoms with Crippen LogP contribution in [0.1, 0.15) is 25.5 Å². The Hall–Kier alpha value is -2.09. The second kappa shape index (κ2) is 5.05. The van der Waals surface area contributed by atoms with E-state index in [9.17, 15) is 4.79 Å². The Bertz CT molecular complexity index is 601. The Kier molecular flexibility index (Phi) is 3.47. The van der Waals surface area contributed by atoms with Crippen LogP contribution in [0.25, 0.3) is 10.8 Å². The van der Waals surface area contributed by atoms with E-state index in [1.165, 1.54) is 10.8 Å². The van der Waals surface area contributed by atoms with Gasteiger partial charge in [-0.05, 0) is 36.2 Å². The van der Waals surface area contributed by atoms with Gasteiger partial charge < -0.3 is 5.32 Å². The summed E-state index contributed by atoms with van der Waals surface area (Å²) in [5, 5.41) is 5.32. The first-order chi connectivity index (χ1) is 8.58. The summed E-state index contributed by atoms with van der Waals surface area (Å²) in [4.78, 5) is 11.6. The molecular formula is C16H17NO. The molecule has 0 heterocycles. The Morgan fingerprint density at radius 1 is 1.17 bits per heavy atom. The highest BCUT2D eigenvalue weighted by Gasteiger charge is 2.09. The molecule has 0 aliphatic carbocycles. The minimum atomic E-state index is -0.101.